The summed E-state index contributed by atoms with van der Waals surface area (Å²) >= 11 is 0. The topological polar surface area (TPSA) is 63.5 Å². The van der Waals surface area contributed by atoms with E-state index in [4.69, 9.17) is 9.72 Å². The summed E-state index contributed by atoms with van der Waals surface area (Å²) in [5.74, 6) is 2.37. The molecule has 0 saturated heterocycles. The molecule has 1 saturated carbocycles. The minimum absolute atomic E-state index is 0.733. The minimum Gasteiger partial charge on any atom is -0.477 e. The van der Waals surface area contributed by atoms with Gasteiger partial charge in [0.1, 0.15) is 0 Å². The van der Waals surface area contributed by atoms with Gasteiger partial charge in [-0.3, -0.25) is 9.89 Å². The van der Waals surface area contributed by atoms with Crippen molar-refractivity contribution in [2.24, 2.45) is 10.9 Å². The Kier molecular flexibility index (Phi) is 5.04. The molecule has 4 heterocycles. The fraction of sp³-hybridized carbons (Fsp3) is 0.545. The molecule has 0 bridgehead atoms. The number of ether oxygens (including phenoxy) is 1. The summed E-state index contributed by atoms with van der Waals surface area (Å²) in [5, 5.41) is 0. The lowest BCUT2D eigenvalue weighted by molar-refractivity contribution is 0.231. The summed E-state index contributed by atoms with van der Waals surface area (Å²) in [6.45, 7) is 4.43. The minimum atomic E-state index is 0.733. The van der Waals surface area contributed by atoms with Crippen molar-refractivity contribution in [2.75, 3.05) is 19.7 Å². The standard InChI is InChI=1S/C22H27N5O/c1-2-9-23-20(5-1)21-25-12-18-14-27(11-8-19(18)26-21)13-17-4-3-10-24-22(17)28-15-16-6-7-16/h3-4,10,12,16H,1-2,5-9,11,13-15H2. The number of pyridine rings is 1. The summed E-state index contributed by atoms with van der Waals surface area (Å²) in [5.41, 5.74) is 4.67. The number of hydrogen-bond acceptors (Lipinski definition) is 6. The Morgan fingerprint density at radius 2 is 2.11 bits per heavy atom. The number of aromatic nitrogens is 3. The summed E-state index contributed by atoms with van der Waals surface area (Å²) < 4.78 is 5.98. The van der Waals surface area contributed by atoms with Gasteiger partial charge < -0.3 is 4.74 Å². The average molecular weight is 377 g/mol. The Balaban J connectivity index is 1.27. The first kappa shape index (κ1) is 17.7. The fourth-order valence-electron chi connectivity index (χ4n) is 3.93. The highest BCUT2D eigenvalue weighted by molar-refractivity contribution is 5.97. The maximum Gasteiger partial charge on any atom is 0.217 e. The van der Waals surface area contributed by atoms with Crippen LogP contribution in [0.2, 0.25) is 0 Å². The predicted octanol–water partition coefficient (Wildman–Crippen LogP) is 3.19. The van der Waals surface area contributed by atoms with E-state index in [0.29, 0.717) is 0 Å². The van der Waals surface area contributed by atoms with Crippen LogP contribution in [-0.2, 0) is 19.5 Å². The normalized spacial score (nSPS) is 19.8. The second kappa shape index (κ2) is 7.95. The molecule has 146 valence electrons. The molecule has 6 nitrogen and oxygen atoms in total. The van der Waals surface area contributed by atoms with E-state index in [0.717, 1.165) is 69.0 Å². The smallest absolute Gasteiger partial charge is 0.217 e. The van der Waals surface area contributed by atoms with Gasteiger partial charge in [-0.15, -0.1) is 0 Å². The van der Waals surface area contributed by atoms with Crippen LogP contribution in [0.3, 0.4) is 0 Å². The van der Waals surface area contributed by atoms with Crippen LogP contribution in [0.15, 0.2) is 29.5 Å². The Labute approximate surface area is 166 Å². The highest BCUT2D eigenvalue weighted by atomic mass is 16.5. The Bertz CT molecular complexity index is 877. The van der Waals surface area contributed by atoms with E-state index >= 15 is 0 Å². The van der Waals surface area contributed by atoms with Crippen molar-refractivity contribution < 1.29 is 4.74 Å². The molecular weight excluding hydrogens is 350 g/mol. The summed E-state index contributed by atoms with van der Waals surface area (Å²) in [4.78, 5) is 21.0. The highest BCUT2D eigenvalue weighted by Gasteiger charge is 2.24. The molecule has 2 aliphatic heterocycles. The molecule has 2 aromatic rings. The lowest BCUT2D eigenvalue weighted by Gasteiger charge is -2.28. The highest BCUT2D eigenvalue weighted by Crippen LogP contribution is 2.30. The van der Waals surface area contributed by atoms with Crippen LogP contribution in [0.4, 0.5) is 0 Å². The van der Waals surface area contributed by atoms with Crippen molar-refractivity contribution in [2.45, 2.75) is 51.6 Å². The zero-order valence-corrected chi connectivity index (χ0v) is 16.3. The van der Waals surface area contributed by atoms with Gasteiger partial charge in [0, 0.05) is 56.1 Å². The van der Waals surface area contributed by atoms with E-state index < -0.39 is 0 Å². The molecule has 1 fully saturated rings. The second-order valence-electron chi connectivity index (χ2n) is 8.13. The third-order valence-corrected chi connectivity index (χ3v) is 5.79. The molecule has 0 N–H and O–H groups in total. The molecule has 0 unspecified atom stereocenters. The van der Waals surface area contributed by atoms with Crippen LogP contribution >= 0.6 is 0 Å². The molecule has 2 aromatic heterocycles. The zero-order valence-electron chi connectivity index (χ0n) is 16.3. The van der Waals surface area contributed by atoms with Crippen LogP contribution in [0.5, 0.6) is 5.88 Å². The van der Waals surface area contributed by atoms with Crippen molar-refractivity contribution in [1.82, 2.24) is 19.9 Å². The van der Waals surface area contributed by atoms with Crippen molar-refractivity contribution in [3.63, 3.8) is 0 Å². The molecule has 28 heavy (non-hydrogen) atoms. The first-order chi connectivity index (χ1) is 13.8. The van der Waals surface area contributed by atoms with Crippen molar-refractivity contribution in [1.29, 1.82) is 0 Å². The Morgan fingerprint density at radius 3 is 2.96 bits per heavy atom. The van der Waals surface area contributed by atoms with Gasteiger partial charge in [-0.2, -0.15) is 0 Å². The Hall–Kier alpha value is -2.34. The molecule has 3 aliphatic rings. The van der Waals surface area contributed by atoms with Gasteiger partial charge in [-0.25, -0.2) is 15.0 Å². The number of aliphatic imine (C=N–C) groups is 1. The maximum absolute atomic E-state index is 5.98. The van der Waals surface area contributed by atoms with E-state index in [1.54, 1.807) is 0 Å². The van der Waals surface area contributed by atoms with E-state index in [-0.39, 0.29) is 0 Å². The van der Waals surface area contributed by atoms with E-state index in [1.165, 1.54) is 42.5 Å². The zero-order chi connectivity index (χ0) is 18.8. The molecule has 0 spiro atoms. The van der Waals surface area contributed by atoms with Gasteiger partial charge in [0.15, 0.2) is 5.82 Å². The van der Waals surface area contributed by atoms with Gasteiger partial charge in [0.2, 0.25) is 5.88 Å². The summed E-state index contributed by atoms with van der Waals surface area (Å²) in [6.07, 6.45) is 10.8. The quantitative estimate of drug-likeness (QED) is 0.774. The molecule has 6 heteroatoms. The lowest BCUT2D eigenvalue weighted by atomic mass is 10.0. The van der Waals surface area contributed by atoms with Crippen LogP contribution < -0.4 is 4.74 Å². The summed E-state index contributed by atoms with van der Waals surface area (Å²) in [7, 11) is 0. The molecular formula is C22H27N5O. The number of fused-ring (bicyclic) bond motifs is 1. The van der Waals surface area contributed by atoms with Crippen LogP contribution in [0.25, 0.3) is 0 Å². The average Bonchev–Trinajstić information content (AvgIpc) is 3.58. The lowest BCUT2D eigenvalue weighted by Crippen LogP contribution is -2.31. The van der Waals surface area contributed by atoms with Crippen LogP contribution in [0, 0.1) is 5.92 Å². The van der Waals surface area contributed by atoms with Crippen molar-refractivity contribution in [3.05, 3.63) is 47.2 Å². The SMILES string of the molecule is c1cnc(OCC2CC2)c(CN2CCc3nc(C4=NCCCC4)ncc3C2)c1. The van der Waals surface area contributed by atoms with E-state index in [2.05, 4.69) is 25.9 Å². The van der Waals surface area contributed by atoms with Crippen molar-refractivity contribution in [3.8, 4) is 5.88 Å². The molecule has 0 atom stereocenters. The van der Waals surface area contributed by atoms with Crippen LogP contribution in [-0.4, -0.2) is 45.3 Å². The maximum atomic E-state index is 5.98. The summed E-state index contributed by atoms with van der Waals surface area (Å²) in [6, 6.07) is 4.13. The third kappa shape index (κ3) is 4.07. The Morgan fingerprint density at radius 1 is 1.14 bits per heavy atom. The van der Waals surface area contributed by atoms with Gasteiger partial charge in [0.05, 0.1) is 18.0 Å². The first-order valence-electron chi connectivity index (χ1n) is 10.5. The van der Waals surface area contributed by atoms with Crippen LogP contribution in [0.1, 0.15) is 54.7 Å². The second-order valence-corrected chi connectivity index (χ2v) is 8.13. The fourth-order valence-corrected chi connectivity index (χ4v) is 3.93. The number of rotatable bonds is 6. The van der Waals surface area contributed by atoms with Crippen molar-refractivity contribution >= 4 is 5.71 Å². The molecule has 0 amide bonds. The molecule has 0 radical (unpaired) electrons. The van der Waals surface area contributed by atoms with E-state index in [9.17, 15) is 0 Å². The monoisotopic (exact) mass is 377 g/mol. The molecule has 0 aromatic carbocycles. The predicted molar refractivity (Wildman–Crippen MR) is 108 cm³/mol. The third-order valence-electron chi connectivity index (χ3n) is 5.79. The van der Waals surface area contributed by atoms with E-state index in [1.807, 2.05) is 18.5 Å². The van der Waals surface area contributed by atoms with Gasteiger partial charge in [0.25, 0.3) is 0 Å². The molecule has 1 aliphatic carbocycles. The molecule has 5 rings (SSSR count). The van der Waals surface area contributed by atoms with Gasteiger partial charge >= 0.3 is 0 Å². The number of hydrogen-bond donors (Lipinski definition) is 0. The van der Waals surface area contributed by atoms with Gasteiger partial charge in [-0.1, -0.05) is 6.07 Å². The number of nitrogens with zero attached hydrogens (tertiary/aromatic N) is 5. The largest absolute Gasteiger partial charge is 0.477 e. The first-order valence-corrected chi connectivity index (χ1v) is 10.5. The van der Waals surface area contributed by atoms with Gasteiger partial charge in [-0.05, 0) is 44.1 Å².